The Hall–Kier alpha value is -2.44. The summed E-state index contributed by atoms with van der Waals surface area (Å²) < 4.78 is 4.99. The summed E-state index contributed by atoms with van der Waals surface area (Å²) in [6.07, 6.45) is 0. The number of ether oxygens (including phenoxy) is 1. The van der Waals surface area contributed by atoms with Crippen LogP contribution in [0.5, 0.6) is 0 Å². The molecule has 0 aliphatic rings. The molecule has 116 valence electrons. The van der Waals surface area contributed by atoms with Gasteiger partial charge in [-0.05, 0) is 25.1 Å². The second kappa shape index (κ2) is 7.98. The zero-order valence-corrected chi connectivity index (χ0v) is 12.6. The number of nitrogens with zero attached hydrogens (tertiary/aromatic N) is 1. The lowest BCUT2D eigenvalue weighted by Crippen LogP contribution is -2.37. The molecule has 7 heteroatoms. The van der Waals surface area contributed by atoms with Crippen molar-refractivity contribution >= 4 is 23.4 Å². The van der Waals surface area contributed by atoms with Crippen molar-refractivity contribution in [3.63, 3.8) is 0 Å². The Bertz CT molecular complexity index is 503. The first-order valence-electron chi connectivity index (χ1n) is 6.71. The molecule has 0 radical (unpaired) electrons. The third-order valence-electron chi connectivity index (χ3n) is 2.66. The third-order valence-corrected chi connectivity index (χ3v) is 2.66. The fourth-order valence-corrected chi connectivity index (χ4v) is 1.62. The smallest absolute Gasteiger partial charge is 0.340 e. The number of esters is 1. The lowest BCUT2D eigenvalue weighted by Gasteiger charge is -2.14. The van der Waals surface area contributed by atoms with Gasteiger partial charge in [0.1, 0.15) is 0 Å². The van der Waals surface area contributed by atoms with Crippen molar-refractivity contribution in [3.8, 4) is 0 Å². The van der Waals surface area contributed by atoms with Crippen LogP contribution in [0.2, 0.25) is 0 Å². The van der Waals surface area contributed by atoms with Crippen LogP contribution in [0.15, 0.2) is 18.2 Å². The van der Waals surface area contributed by atoms with Gasteiger partial charge in [-0.1, -0.05) is 0 Å². The monoisotopic (exact) mass is 294 g/mol. The van der Waals surface area contributed by atoms with Crippen LogP contribution in [0.1, 0.15) is 17.3 Å². The van der Waals surface area contributed by atoms with E-state index in [1.54, 1.807) is 39.2 Å². The van der Waals surface area contributed by atoms with Gasteiger partial charge in [0.15, 0.2) is 0 Å². The number of nitrogens with two attached hydrogens (primary N) is 1. The van der Waals surface area contributed by atoms with E-state index in [1.807, 2.05) is 0 Å². The summed E-state index contributed by atoms with van der Waals surface area (Å²) in [5.41, 5.74) is 7.19. The number of carbonyl (C=O) groups excluding carboxylic acids is 2. The summed E-state index contributed by atoms with van der Waals surface area (Å²) in [5, 5.41) is 5.81. The molecule has 0 atom stereocenters. The number of hydrogen-bond donors (Lipinski definition) is 3. The summed E-state index contributed by atoms with van der Waals surface area (Å²) in [6.45, 7) is 2.96. The van der Waals surface area contributed by atoms with Gasteiger partial charge >= 0.3 is 12.0 Å². The SMILES string of the molecule is CCOC(=O)c1cc(N)ccc1NCCNC(=O)N(C)C. The molecule has 0 heterocycles. The molecule has 0 unspecified atom stereocenters. The maximum atomic E-state index is 11.9. The molecule has 0 aliphatic carbocycles. The molecule has 0 spiro atoms. The summed E-state index contributed by atoms with van der Waals surface area (Å²) in [7, 11) is 3.34. The average molecular weight is 294 g/mol. The maximum absolute atomic E-state index is 11.9. The van der Waals surface area contributed by atoms with Gasteiger partial charge in [-0.25, -0.2) is 9.59 Å². The van der Waals surface area contributed by atoms with Gasteiger partial charge in [0, 0.05) is 38.6 Å². The highest BCUT2D eigenvalue weighted by molar-refractivity contribution is 5.96. The van der Waals surface area contributed by atoms with Crippen LogP contribution in [-0.2, 0) is 4.74 Å². The lowest BCUT2D eigenvalue weighted by atomic mass is 10.1. The lowest BCUT2D eigenvalue weighted by molar-refractivity contribution is 0.0527. The number of urea groups is 1. The van der Waals surface area contributed by atoms with Crippen molar-refractivity contribution in [2.45, 2.75) is 6.92 Å². The number of benzene rings is 1. The van der Waals surface area contributed by atoms with Crippen LogP contribution in [0.3, 0.4) is 0 Å². The van der Waals surface area contributed by atoms with E-state index in [0.29, 0.717) is 36.6 Å². The van der Waals surface area contributed by atoms with Gasteiger partial charge in [-0.2, -0.15) is 0 Å². The number of anilines is 2. The molecule has 0 aromatic heterocycles. The van der Waals surface area contributed by atoms with E-state index >= 15 is 0 Å². The molecule has 1 aromatic rings. The topological polar surface area (TPSA) is 96.7 Å². The van der Waals surface area contributed by atoms with E-state index in [2.05, 4.69) is 10.6 Å². The molecule has 1 rings (SSSR count). The number of nitrogen functional groups attached to an aromatic ring is 1. The fourth-order valence-electron chi connectivity index (χ4n) is 1.62. The standard InChI is InChI=1S/C14H22N4O3/c1-4-21-13(19)11-9-10(15)5-6-12(11)16-7-8-17-14(20)18(2)3/h5-6,9,16H,4,7-8,15H2,1-3H3,(H,17,20). The van der Waals surface area contributed by atoms with E-state index in [0.717, 1.165) is 0 Å². The van der Waals surface area contributed by atoms with E-state index < -0.39 is 5.97 Å². The first-order chi connectivity index (χ1) is 9.95. The zero-order chi connectivity index (χ0) is 15.8. The van der Waals surface area contributed by atoms with Crippen LogP contribution >= 0.6 is 0 Å². The molecular formula is C14H22N4O3. The van der Waals surface area contributed by atoms with Gasteiger partial charge in [0.25, 0.3) is 0 Å². The highest BCUT2D eigenvalue weighted by atomic mass is 16.5. The first kappa shape index (κ1) is 16.6. The molecular weight excluding hydrogens is 272 g/mol. The van der Waals surface area contributed by atoms with Crippen LogP contribution in [0, 0.1) is 0 Å². The van der Waals surface area contributed by atoms with Crippen molar-refractivity contribution in [3.05, 3.63) is 23.8 Å². The second-order valence-corrected chi connectivity index (χ2v) is 4.58. The number of rotatable bonds is 6. The van der Waals surface area contributed by atoms with Gasteiger partial charge in [0.2, 0.25) is 0 Å². The molecule has 0 aliphatic heterocycles. The molecule has 0 saturated heterocycles. The Morgan fingerprint density at radius 2 is 2.00 bits per heavy atom. The highest BCUT2D eigenvalue weighted by Crippen LogP contribution is 2.19. The predicted octanol–water partition coefficient (Wildman–Crippen LogP) is 1.13. The number of nitrogens with one attached hydrogen (secondary N) is 2. The first-order valence-corrected chi connectivity index (χ1v) is 6.71. The average Bonchev–Trinajstić information content (AvgIpc) is 2.44. The molecule has 0 saturated carbocycles. The minimum absolute atomic E-state index is 0.167. The second-order valence-electron chi connectivity index (χ2n) is 4.58. The quantitative estimate of drug-likeness (QED) is 0.415. The fraction of sp³-hybridized carbons (Fsp3) is 0.429. The van der Waals surface area contributed by atoms with Crippen molar-refractivity contribution in [1.82, 2.24) is 10.2 Å². The summed E-state index contributed by atoms with van der Waals surface area (Å²) in [5.74, 6) is -0.426. The van der Waals surface area contributed by atoms with Gasteiger partial charge in [0.05, 0.1) is 12.2 Å². The Labute approximate surface area is 124 Å². The van der Waals surface area contributed by atoms with Crippen LogP contribution < -0.4 is 16.4 Å². The summed E-state index contributed by atoms with van der Waals surface area (Å²) in [6, 6.07) is 4.82. The number of hydrogen-bond acceptors (Lipinski definition) is 5. The van der Waals surface area contributed by atoms with Crippen molar-refractivity contribution in [1.29, 1.82) is 0 Å². The minimum Gasteiger partial charge on any atom is -0.462 e. The molecule has 4 N–H and O–H groups in total. The van der Waals surface area contributed by atoms with E-state index in [1.165, 1.54) is 4.90 Å². The largest absolute Gasteiger partial charge is 0.462 e. The zero-order valence-electron chi connectivity index (χ0n) is 12.6. The molecule has 0 bridgehead atoms. The predicted molar refractivity (Wildman–Crippen MR) is 82.4 cm³/mol. The summed E-state index contributed by atoms with van der Waals surface area (Å²) >= 11 is 0. The highest BCUT2D eigenvalue weighted by Gasteiger charge is 2.12. The van der Waals surface area contributed by atoms with E-state index in [4.69, 9.17) is 10.5 Å². The van der Waals surface area contributed by atoms with Gasteiger partial charge in [-0.15, -0.1) is 0 Å². The molecule has 2 amide bonds. The van der Waals surface area contributed by atoms with Gasteiger partial charge < -0.3 is 26.0 Å². The van der Waals surface area contributed by atoms with Crippen molar-refractivity contribution < 1.29 is 14.3 Å². The summed E-state index contributed by atoms with van der Waals surface area (Å²) in [4.78, 5) is 24.7. The third kappa shape index (κ3) is 5.21. The normalized spacial score (nSPS) is 9.86. The van der Waals surface area contributed by atoms with Crippen LogP contribution in [0.4, 0.5) is 16.2 Å². The van der Waals surface area contributed by atoms with Crippen molar-refractivity contribution in [2.75, 3.05) is 44.8 Å². The number of amides is 2. The Morgan fingerprint density at radius 3 is 2.62 bits per heavy atom. The maximum Gasteiger partial charge on any atom is 0.340 e. The molecule has 0 fully saturated rings. The molecule has 21 heavy (non-hydrogen) atoms. The Morgan fingerprint density at radius 1 is 1.29 bits per heavy atom. The number of carbonyl (C=O) groups is 2. The van der Waals surface area contributed by atoms with Crippen LogP contribution in [-0.4, -0.2) is 50.7 Å². The molecule has 7 nitrogen and oxygen atoms in total. The minimum atomic E-state index is -0.426. The van der Waals surface area contributed by atoms with Gasteiger partial charge in [-0.3, -0.25) is 0 Å². The van der Waals surface area contributed by atoms with E-state index in [-0.39, 0.29) is 6.03 Å². The van der Waals surface area contributed by atoms with Crippen molar-refractivity contribution in [2.24, 2.45) is 0 Å². The Kier molecular flexibility index (Phi) is 6.32. The van der Waals surface area contributed by atoms with Crippen LogP contribution in [0.25, 0.3) is 0 Å². The Balaban J connectivity index is 2.62. The van der Waals surface area contributed by atoms with E-state index in [9.17, 15) is 9.59 Å². The molecule has 1 aromatic carbocycles.